The molecule has 3 saturated heterocycles. The van der Waals surface area contributed by atoms with Crippen molar-refractivity contribution < 1.29 is 19.4 Å². The highest BCUT2D eigenvalue weighted by atomic mass is 16.5. The van der Waals surface area contributed by atoms with Crippen molar-refractivity contribution in [3.63, 3.8) is 0 Å². The fraction of sp³-hybridized carbons (Fsp3) is 0.583. The number of amides is 2. The standard InChI is InChI=1S/C24H28N2O4/c27-15-21-23(18-7-5-17(6-8-18)4-3-16-1-2-16)20-13-25(14-22(28)26(20)21)24(29)19-9-11-30-12-10-19/h5-8,16,19-21,23,27H,1-2,9-15H2/t20-,21-,23+/m0/s1. The van der Waals surface area contributed by atoms with Crippen LogP contribution in [-0.2, 0) is 14.3 Å². The summed E-state index contributed by atoms with van der Waals surface area (Å²) >= 11 is 0. The maximum Gasteiger partial charge on any atom is 0.242 e. The number of ether oxygens (including phenoxy) is 1. The Morgan fingerprint density at radius 3 is 2.53 bits per heavy atom. The zero-order valence-corrected chi connectivity index (χ0v) is 17.1. The van der Waals surface area contributed by atoms with Crippen LogP contribution in [0, 0.1) is 23.7 Å². The number of nitrogens with zero attached hydrogens (tertiary/aromatic N) is 2. The maximum atomic E-state index is 13.0. The van der Waals surface area contributed by atoms with Crippen LogP contribution in [0.4, 0.5) is 0 Å². The summed E-state index contributed by atoms with van der Waals surface area (Å²) in [4.78, 5) is 29.3. The summed E-state index contributed by atoms with van der Waals surface area (Å²) in [6.07, 6.45) is 3.87. The monoisotopic (exact) mass is 408 g/mol. The number of benzene rings is 1. The smallest absolute Gasteiger partial charge is 0.242 e. The van der Waals surface area contributed by atoms with E-state index in [1.807, 2.05) is 12.1 Å². The second-order valence-electron chi connectivity index (χ2n) is 8.92. The summed E-state index contributed by atoms with van der Waals surface area (Å²) < 4.78 is 5.37. The van der Waals surface area contributed by atoms with Crippen LogP contribution >= 0.6 is 0 Å². The molecule has 0 spiro atoms. The highest BCUT2D eigenvalue weighted by Crippen LogP contribution is 2.43. The van der Waals surface area contributed by atoms with Crippen LogP contribution in [0.15, 0.2) is 24.3 Å². The Kier molecular flexibility index (Phi) is 5.26. The fourth-order valence-electron chi connectivity index (χ4n) is 5.07. The normalized spacial score (nSPS) is 29.0. The predicted molar refractivity (Wildman–Crippen MR) is 110 cm³/mol. The summed E-state index contributed by atoms with van der Waals surface area (Å²) in [5.41, 5.74) is 2.10. The van der Waals surface area contributed by atoms with Crippen molar-refractivity contribution in [2.24, 2.45) is 11.8 Å². The van der Waals surface area contributed by atoms with Gasteiger partial charge in [-0.1, -0.05) is 24.0 Å². The molecule has 3 heterocycles. The molecule has 1 saturated carbocycles. The quantitative estimate of drug-likeness (QED) is 0.767. The molecule has 6 heteroatoms. The summed E-state index contributed by atoms with van der Waals surface area (Å²) in [5, 5.41) is 9.95. The van der Waals surface area contributed by atoms with E-state index in [0.29, 0.717) is 25.7 Å². The van der Waals surface area contributed by atoms with Crippen molar-refractivity contribution in [1.29, 1.82) is 0 Å². The van der Waals surface area contributed by atoms with Crippen LogP contribution < -0.4 is 0 Å². The lowest BCUT2D eigenvalue weighted by molar-refractivity contribution is -0.169. The van der Waals surface area contributed by atoms with E-state index in [1.54, 1.807) is 9.80 Å². The first-order chi connectivity index (χ1) is 14.7. The molecule has 2 amide bonds. The number of piperazine rings is 1. The Morgan fingerprint density at radius 2 is 1.87 bits per heavy atom. The summed E-state index contributed by atoms with van der Waals surface area (Å²) in [7, 11) is 0. The molecule has 3 aliphatic heterocycles. The van der Waals surface area contributed by atoms with E-state index >= 15 is 0 Å². The van der Waals surface area contributed by atoms with Crippen LogP contribution in [0.5, 0.6) is 0 Å². The Balaban J connectivity index is 1.32. The molecule has 1 N–H and O–H groups in total. The molecule has 158 valence electrons. The number of carbonyl (C=O) groups is 2. The average molecular weight is 408 g/mol. The molecule has 1 aromatic carbocycles. The summed E-state index contributed by atoms with van der Waals surface area (Å²) in [6, 6.07) is 7.88. The van der Waals surface area contributed by atoms with Gasteiger partial charge in [-0.05, 0) is 43.4 Å². The molecule has 1 aliphatic carbocycles. The lowest BCUT2D eigenvalue weighted by Gasteiger charge is -2.59. The van der Waals surface area contributed by atoms with E-state index in [9.17, 15) is 14.7 Å². The third kappa shape index (κ3) is 3.61. The Bertz CT molecular complexity index is 877. The second kappa shape index (κ2) is 8.05. The molecule has 4 aliphatic rings. The Hall–Kier alpha value is -2.36. The fourth-order valence-corrected chi connectivity index (χ4v) is 5.07. The largest absolute Gasteiger partial charge is 0.394 e. The third-order valence-electron chi connectivity index (χ3n) is 6.93. The minimum Gasteiger partial charge on any atom is -0.394 e. The van der Waals surface area contributed by atoms with Gasteiger partial charge in [0.15, 0.2) is 0 Å². The molecular weight excluding hydrogens is 380 g/mol. The molecule has 1 aromatic rings. The molecular formula is C24H28N2O4. The molecule has 0 bridgehead atoms. The van der Waals surface area contributed by atoms with Gasteiger partial charge in [-0.2, -0.15) is 0 Å². The maximum absolute atomic E-state index is 13.0. The third-order valence-corrected chi connectivity index (χ3v) is 6.93. The Labute approximate surface area is 177 Å². The van der Waals surface area contributed by atoms with Gasteiger partial charge in [0.25, 0.3) is 0 Å². The minimum absolute atomic E-state index is 0.0367. The SMILES string of the molecule is O=C(C1CCOCC1)N1CC(=O)N2[C@@H](CO)[C@H](c3ccc(C#CC4CC4)cc3)[C@@H]2C1. The molecule has 0 radical (unpaired) electrons. The van der Waals surface area contributed by atoms with Gasteiger partial charge in [0, 0.05) is 43.1 Å². The minimum atomic E-state index is -0.216. The van der Waals surface area contributed by atoms with E-state index in [1.165, 1.54) is 12.8 Å². The number of fused-ring (bicyclic) bond motifs is 1. The van der Waals surface area contributed by atoms with Crippen molar-refractivity contribution in [2.45, 2.75) is 43.7 Å². The molecule has 4 fully saturated rings. The zero-order valence-electron chi connectivity index (χ0n) is 17.1. The van der Waals surface area contributed by atoms with Gasteiger partial charge in [-0.3, -0.25) is 9.59 Å². The zero-order chi connectivity index (χ0) is 20.7. The highest BCUT2D eigenvalue weighted by Gasteiger charge is 2.54. The number of rotatable bonds is 3. The molecule has 6 nitrogen and oxygen atoms in total. The van der Waals surface area contributed by atoms with E-state index in [-0.39, 0.29) is 48.9 Å². The number of carbonyl (C=O) groups excluding carboxylic acids is 2. The first-order valence-electron chi connectivity index (χ1n) is 11.1. The summed E-state index contributed by atoms with van der Waals surface area (Å²) in [5.74, 6) is 7.07. The Morgan fingerprint density at radius 1 is 1.13 bits per heavy atom. The lowest BCUT2D eigenvalue weighted by Crippen LogP contribution is -2.73. The molecule has 5 rings (SSSR count). The van der Waals surface area contributed by atoms with Gasteiger partial charge in [-0.25, -0.2) is 0 Å². The van der Waals surface area contributed by atoms with Crippen LogP contribution in [0.3, 0.4) is 0 Å². The molecule has 0 unspecified atom stereocenters. The van der Waals surface area contributed by atoms with Crippen molar-refractivity contribution in [3.8, 4) is 11.8 Å². The van der Waals surface area contributed by atoms with Crippen molar-refractivity contribution in [2.75, 3.05) is 32.9 Å². The second-order valence-corrected chi connectivity index (χ2v) is 8.92. The van der Waals surface area contributed by atoms with Gasteiger partial charge in [0.2, 0.25) is 11.8 Å². The number of aliphatic hydroxyl groups is 1. The molecule has 30 heavy (non-hydrogen) atoms. The van der Waals surface area contributed by atoms with Gasteiger partial charge < -0.3 is 19.6 Å². The van der Waals surface area contributed by atoms with Crippen molar-refractivity contribution in [1.82, 2.24) is 9.80 Å². The summed E-state index contributed by atoms with van der Waals surface area (Å²) in [6.45, 7) is 1.81. The predicted octanol–water partition coefficient (Wildman–Crippen LogP) is 1.37. The van der Waals surface area contributed by atoms with Gasteiger partial charge in [-0.15, -0.1) is 0 Å². The van der Waals surface area contributed by atoms with Gasteiger partial charge >= 0.3 is 0 Å². The molecule has 0 aromatic heterocycles. The van der Waals surface area contributed by atoms with Crippen LogP contribution in [0.2, 0.25) is 0 Å². The van der Waals surface area contributed by atoms with E-state index < -0.39 is 0 Å². The lowest BCUT2D eigenvalue weighted by atomic mass is 9.73. The van der Waals surface area contributed by atoms with Gasteiger partial charge in [0.1, 0.15) is 0 Å². The number of hydrogen-bond donors (Lipinski definition) is 1. The number of aliphatic hydroxyl groups excluding tert-OH is 1. The van der Waals surface area contributed by atoms with Gasteiger partial charge in [0.05, 0.1) is 25.2 Å². The van der Waals surface area contributed by atoms with Crippen LogP contribution in [0.1, 0.15) is 42.7 Å². The van der Waals surface area contributed by atoms with Crippen LogP contribution in [0.25, 0.3) is 0 Å². The highest BCUT2D eigenvalue weighted by molar-refractivity contribution is 5.88. The van der Waals surface area contributed by atoms with Crippen molar-refractivity contribution in [3.05, 3.63) is 35.4 Å². The van der Waals surface area contributed by atoms with E-state index in [4.69, 9.17) is 4.74 Å². The first kappa shape index (κ1) is 19.6. The average Bonchev–Trinajstić information content (AvgIpc) is 3.59. The molecule has 3 atom stereocenters. The topological polar surface area (TPSA) is 70.1 Å². The van der Waals surface area contributed by atoms with E-state index in [0.717, 1.165) is 24.0 Å². The number of hydrogen-bond acceptors (Lipinski definition) is 4. The van der Waals surface area contributed by atoms with E-state index in [2.05, 4.69) is 24.0 Å². The van der Waals surface area contributed by atoms with Crippen LogP contribution in [-0.4, -0.2) is 71.7 Å². The first-order valence-corrected chi connectivity index (χ1v) is 11.1. The van der Waals surface area contributed by atoms with Crippen molar-refractivity contribution >= 4 is 11.8 Å².